The van der Waals surface area contributed by atoms with Crippen LogP contribution in [0.15, 0.2) is 23.3 Å². The maximum Gasteiger partial charge on any atom is 0.329 e. The van der Waals surface area contributed by atoms with Gasteiger partial charge in [-0.15, -0.1) is 0 Å². The zero-order valence-corrected chi connectivity index (χ0v) is 21.0. The van der Waals surface area contributed by atoms with E-state index in [-0.39, 0.29) is 43.4 Å². The largest absolute Gasteiger partial charge is 0.480 e. The monoisotopic (exact) mass is 492 g/mol. The number of fused-ring (bicyclic) bond motifs is 5. The van der Waals surface area contributed by atoms with Crippen LogP contribution in [0, 0.1) is 29.1 Å². The van der Waals surface area contributed by atoms with E-state index in [0.29, 0.717) is 18.4 Å². The second-order valence-electron chi connectivity index (χ2n) is 11.3. The van der Waals surface area contributed by atoms with Crippen LogP contribution < -0.4 is 0 Å². The van der Waals surface area contributed by atoms with Gasteiger partial charge in [0.05, 0.1) is 12.2 Å². The smallest absolute Gasteiger partial charge is 0.329 e. The molecule has 9 heteroatoms. The number of hydrogen-bond acceptors (Lipinski definition) is 8. The number of carboxylic acids is 1. The van der Waals surface area contributed by atoms with Crippen LogP contribution in [-0.2, 0) is 28.6 Å². The van der Waals surface area contributed by atoms with Crippen LogP contribution in [-0.4, -0.2) is 69.9 Å². The molecule has 0 saturated heterocycles. The van der Waals surface area contributed by atoms with Crippen molar-refractivity contribution in [3.63, 3.8) is 0 Å². The Morgan fingerprint density at radius 2 is 1.86 bits per heavy atom. The van der Waals surface area contributed by atoms with Gasteiger partial charge in [-0.3, -0.25) is 9.59 Å². The number of Topliss-reactive ketones (excluding diaryl/α,β-unsaturated/α-hetero) is 1. The molecular formula is C26H36O9. The summed E-state index contributed by atoms with van der Waals surface area (Å²) in [5.41, 5.74) is -3.09. The zero-order valence-electron chi connectivity index (χ0n) is 21.0. The molecule has 0 bridgehead atoms. The zero-order chi connectivity index (χ0) is 26.0. The Morgan fingerprint density at radius 1 is 1.17 bits per heavy atom. The molecule has 0 aromatic rings. The van der Waals surface area contributed by atoms with E-state index in [1.165, 1.54) is 6.92 Å². The first kappa shape index (κ1) is 26.0. The summed E-state index contributed by atoms with van der Waals surface area (Å²) in [6, 6.07) is 0. The fourth-order valence-electron chi connectivity index (χ4n) is 7.37. The second-order valence-corrected chi connectivity index (χ2v) is 11.3. The average molecular weight is 493 g/mol. The van der Waals surface area contributed by atoms with E-state index in [4.69, 9.17) is 19.3 Å². The summed E-state index contributed by atoms with van der Waals surface area (Å²) in [6.45, 7) is 8.56. The molecule has 4 aliphatic rings. The highest BCUT2D eigenvalue weighted by Crippen LogP contribution is 2.76. The lowest BCUT2D eigenvalue weighted by atomic mass is 9.60. The molecule has 4 rings (SSSR count). The first-order valence-electron chi connectivity index (χ1n) is 12.2. The molecule has 0 radical (unpaired) electrons. The number of aliphatic carboxylic acids is 1. The van der Waals surface area contributed by atoms with Gasteiger partial charge in [0.25, 0.3) is 0 Å². The lowest BCUT2D eigenvalue weighted by molar-refractivity contribution is -0.186. The SMILES string of the molecule is CC(=O)O[C@@]12C[C@@H](C)[C@@]3(O)[C@@H](C=C(CCOCOCC(=O)O)C[C@]4(O)C(=O)C(C)=C[C@@H]34)[C@H]1C2(C)C. The van der Waals surface area contributed by atoms with Gasteiger partial charge in [0.15, 0.2) is 5.78 Å². The molecule has 0 aromatic carbocycles. The van der Waals surface area contributed by atoms with Gasteiger partial charge in [-0.05, 0) is 31.3 Å². The number of esters is 1. The van der Waals surface area contributed by atoms with Crippen LogP contribution in [0.5, 0.6) is 0 Å². The van der Waals surface area contributed by atoms with E-state index >= 15 is 0 Å². The molecule has 2 saturated carbocycles. The van der Waals surface area contributed by atoms with Crippen LogP contribution >= 0.6 is 0 Å². The Hall–Kier alpha value is -2.07. The topological polar surface area (TPSA) is 140 Å². The van der Waals surface area contributed by atoms with Crippen LogP contribution in [0.25, 0.3) is 0 Å². The fraction of sp³-hybridized carbons (Fsp3) is 0.731. The highest BCUT2D eigenvalue weighted by molar-refractivity contribution is 6.04. The van der Waals surface area contributed by atoms with Crippen molar-refractivity contribution in [2.75, 3.05) is 20.0 Å². The van der Waals surface area contributed by atoms with Gasteiger partial charge in [0.1, 0.15) is 24.6 Å². The summed E-state index contributed by atoms with van der Waals surface area (Å²) in [5.74, 6) is -3.61. The minimum absolute atomic E-state index is 0.0585. The van der Waals surface area contributed by atoms with E-state index in [1.807, 2.05) is 26.8 Å². The number of carbonyl (C=O) groups is 3. The summed E-state index contributed by atoms with van der Waals surface area (Å²) in [7, 11) is 0. The molecule has 0 spiro atoms. The molecular weight excluding hydrogens is 456 g/mol. The molecule has 194 valence electrons. The minimum atomic E-state index is -1.77. The van der Waals surface area contributed by atoms with Crippen molar-refractivity contribution >= 4 is 17.7 Å². The third kappa shape index (κ3) is 3.79. The maximum absolute atomic E-state index is 13.2. The molecule has 2 fully saturated rings. The molecule has 0 aromatic heterocycles. The lowest BCUT2D eigenvalue weighted by Crippen LogP contribution is -2.61. The normalized spacial score (nSPS) is 41.1. The molecule has 0 aliphatic heterocycles. The Kier molecular flexibility index (Phi) is 6.32. The van der Waals surface area contributed by atoms with E-state index in [9.17, 15) is 24.6 Å². The van der Waals surface area contributed by atoms with Crippen LogP contribution in [0.3, 0.4) is 0 Å². The minimum Gasteiger partial charge on any atom is -0.480 e. The van der Waals surface area contributed by atoms with Gasteiger partial charge in [-0.1, -0.05) is 38.5 Å². The summed E-state index contributed by atoms with van der Waals surface area (Å²) < 4.78 is 16.2. The summed E-state index contributed by atoms with van der Waals surface area (Å²) in [4.78, 5) is 35.8. The van der Waals surface area contributed by atoms with Gasteiger partial charge in [0, 0.05) is 36.5 Å². The van der Waals surface area contributed by atoms with Crippen molar-refractivity contribution in [1.29, 1.82) is 0 Å². The first-order chi connectivity index (χ1) is 16.2. The van der Waals surface area contributed by atoms with Crippen molar-refractivity contribution in [3.05, 3.63) is 23.3 Å². The second kappa shape index (κ2) is 8.50. The molecule has 35 heavy (non-hydrogen) atoms. The first-order valence-corrected chi connectivity index (χ1v) is 12.2. The number of hydrogen-bond donors (Lipinski definition) is 3. The number of rotatable bonds is 8. The van der Waals surface area contributed by atoms with Gasteiger partial charge in [0.2, 0.25) is 0 Å². The third-order valence-corrected chi connectivity index (χ3v) is 8.96. The quantitative estimate of drug-likeness (QED) is 0.201. The van der Waals surface area contributed by atoms with E-state index in [0.717, 1.165) is 5.57 Å². The van der Waals surface area contributed by atoms with Crippen molar-refractivity contribution in [3.8, 4) is 0 Å². The number of carbonyl (C=O) groups excluding carboxylic acids is 2. The predicted octanol–water partition coefficient (Wildman–Crippen LogP) is 2.00. The molecule has 9 nitrogen and oxygen atoms in total. The Labute approximate surface area is 205 Å². The van der Waals surface area contributed by atoms with Crippen molar-refractivity contribution in [2.45, 2.75) is 70.7 Å². The van der Waals surface area contributed by atoms with Crippen molar-refractivity contribution in [1.82, 2.24) is 0 Å². The Balaban J connectivity index is 1.68. The van der Waals surface area contributed by atoms with Crippen molar-refractivity contribution in [2.24, 2.45) is 29.1 Å². The molecule has 4 aliphatic carbocycles. The van der Waals surface area contributed by atoms with Crippen LogP contribution in [0.1, 0.15) is 53.9 Å². The van der Waals surface area contributed by atoms with Gasteiger partial charge >= 0.3 is 11.9 Å². The summed E-state index contributed by atoms with van der Waals surface area (Å²) >= 11 is 0. The van der Waals surface area contributed by atoms with Crippen LogP contribution in [0.4, 0.5) is 0 Å². The fourth-order valence-corrected chi connectivity index (χ4v) is 7.37. The molecule has 0 amide bonds. The summed E-state index contributed by atoms with van der Waals surface area (Å²) in [6.07, 6.45) is 4.54. The Bertz CT molecular complexity index is 997. The standard InChI is InChI=1S/C26H36O9/c1-14-8-19-24(31,22(14)30)11-17(6-7-33-13-34-12-20(28)29)9-18-21-23(4,5)25(21,35-16(3)27)10-15(2)26(18,19)32/h8-9,15,18-19,21,31-32H,6-7,10-13H2,1-5H3,(H,28,29)/t15-,18+,19-,21+,24-,25+,26-/m1/s1. The van der Waals surface area contributed by atoms with Crippen molar-refractivity contribution < 1.29 is 43.9 Å². The molecule has 0 unspecified atom stereocenters. The van der Waals surface area contributed by atoms with E-state index in [1.54, 1.807) is 13.0 Å². The highest BCUT2D eigenvalue weighted by Gasteiger charge is 2.83. The number of carboxylic acid groups (broad SMARTS) is 1. The molecule has 0 heterocycles. The van der Waals surface area contributed by atoms with Gasteiger partial charge < -0.3 is 29.5 Å². The highest BCUT2D eigenvalue weighted by atomic mass is 16.7. The maximum atomic E-state index is 13.2. The number of aliphatic hydroxyl groups is 2. The molecule has 3 N–H and O–H groups in total. The summed E-state index contributed by atoms with van der Waals surface area (Å²) in [5, 5.41) is 32.8. The lowest BCUT2D eigenvalue weighted by Gasteiger charge is -2.50. The Morgan fingerprint density at radius 3 is 2.49 bits per heavy atom. The van der Waals surface area contributed by atoms with Crippen LogP contribution in [0.2, 0.25) is 0 Å². The van der Waals surface area contributed by atoms with Gasteiger partial charge in [-0.25, -0.2) is 4.79 Å². The number of ether oxygens (including phenoxy) is 3. The van der Waals surface area contributed by atoms with Gasteiger partial charge in [-0.2, -0.15) is 0 Å². The molecule has 7 atom stereocenters. The third-order valence-electron chi connectivity index (χ3n) is 8.96. The van der Waals surface area contributed by atoms with E-state index in [2.05, 4.69) is 0 Å². The van der Waals surface area contributed by atoms with E-state index < -0.39 is 46.6 Å². The predicted molar refractivity (Wildman–Crippen MR) is 123 cm³/mol. The average Bonchev–Trinajstić information content (AvgIpc) is 3.14. The number of ketones is 1.